The molecule has 0 spiro atoms. The van der Waals surface area contributed by atoms with Gasteiger partial charge in [-0.3, -0.25) is 4.98 Å². The molecule has 0 aliphatic rings. The van der Waals surface area contributed by atoms with E-state index in [0.29, 0.717) is 12.2 Å². The Balaban J connectivity index is 0.000000359. The molecule has 4 N–H and O–H groups in total. The van der Waals surface area contributed by atoms with Crippen LogP contribution in [-0.4, -0.2) is 27.1 Å². The van der Waals surface area contributed by atoms with Crippen LogP contribution in [0.1, 0.15) is 31.1 Å². The van der Waals surface area contributed by atoms with E-state index in [2.05, 4.69) is 4.98 Å². The largest absolute Gasteiger partial charge is 0.478 e. The summed E-state index contributed by atoms with van der Waals surface area (Å²) in [6.45, 7) is 4.04. The third kappa shape index (κ3) is 6.45. The first kappa shape index (κ1) is 21.0. The molecule has 1 aromatic carbocycles. The number of carbonyl (C=O) groups is 2. The molecule has 0 bridgehead atoms. The van der Waals surface area contributed by atoms with Crippen molar-refractivity contribution in [2.75, 3.05) is 0 Å². The number of nitrogens with two attached hydrogens (primary N) is 1. The van der Waals surface area contributed by atoms with Gasteiger partial charge in [0.1, 0.15) is 5.82 Å². The van der Waals surface area contributed by atoms with Gasteiger partial charge in [0, 0.05) is 35.5 Å². The Labute approximate surface area is 150 Å². The fraction of sp³-hybridized carbons (Fsp3) is 0.211. The van der Waals surface area contributed by atoms with Gasteiger partial charge in [-0.05, 0) is 29.8 Å². The van der Waals surface area contributed by atoms with E-state index in [0.717, 1.165) is 11.3 Å². The van der Waals surface area contributed by atoms with Crippen LogP contribution in [0.15, 0.2) is 60.8 Å². The molecule has 0 saturated heterocycles. The lowest BCUT2D eigenvalue weighted by atomic mass is 9.78. The van der Waals surface area contributed by atoms with E-state index in [9.17, 15) is 14.0 Å². The molecule has 0 radical (unpaired) electrons. The van der Waals surface area contributed by atoms with E-state index >= 15 is 0 Å². The van der Waals surface area contributed by atoms with Crippen LogP contribution < -0.4 is 5.73 Å². The minimum Gasteiger partial charge on any atom is -0.478 e. The number of pyridine rings is 1. The van der Waals surface area contributed by atoms with Crippen molar-refractivity contribution in [2.45, 2.75) is 25.3 Å². The second-order valence-corrected chi connectivity index (χ2v) is 5.98. The second-order valence-electron chi connectivity index (χ2n) is 5.98. The molecule has 2 aromatic rings. The van der Waals surface area contributed by atoms with Crippen molar-refractivity contribution >= 4 is 11.9 Å². The summed E-state index contributed by atoms with van der Waals surface area (Å²) in [7, 11) is 0. The maximum Gasteiger partial charge on any atom is 0.328 e. The van der Waals surface area contributed by atoms with Gasteiger partial charge in [-0.2, -0.15) is 0 Å². The smallest absolute Gasteiger partial charge is 0.328 e. The Morgan fingerprint density at radius 1 is 1.12 bits per heavy atom. The monoisotopic (exact) mass is 360 g/mol. The Morgan fingerprint density at radius 2 is 1.73 bits per heavy atom. The fourth-order valence-corrected chi connectivity index (χ4v) is 2.16. The number of aromatic nitrogens is 1. The first-order valence-electron chi connectivity index (χ1n) is 7.71. The summed E-state index contributed by atoms with van der Waals surface area (Å²) in [6, 6.07) is 11.9. The number of carboxylic acid groups (broad SMARTS) is 2. The summed E-state index contributed by atoms with van der Waals surface area (Å²) in [6.07, 6.45) is 2.86. The zero-order valence-electron chi connectivity index (χ0n) is 14.5. The molecule has 0 aliphatic carbocycles. The maximum atomic E-state index is 13.2. The Hall–Kier alpha value is -3.06. The molecule has 1 heterocycles. The predicted molar refractivity (Wildman–Crippen MR) is 95.0 cm³/mol. The molecule has 0 fully saturated rings. The summed E-state index contributed by atoms with van der Waals surface area (Å²) in [5, 5.41) is 15.6. The highest BCUT2D eigenvalue weighted by molar-refractivity contribution is 5.89. The highest BCUT2D eigenvalue weighted by Gasteiger charge is 2.31. The normalized spacial score (nSPS) is 12.2. The molecule has 26 heavy (non-hydrogen) atoms. The van der Waals surface area contributed by atoms with Gasteiger partial charge in [-0.25, -0.2) is 14.0 Å². The maximum absolute atomic E-state index is 13.2. The molecule has 6 nitrogen and oxygen atoms in total. The van der Waals surface area contributed by atoms with Crippen molar-refractivity contribution in [1.29, 1.82) is 0 Å². The molecule has 0 unspecified atom stereocenters. The molecule has 0 aliphatic heterocycles. The Morgan fingerprint density at radius 3 is 2.19 bits per heavy atom. The molecule has 0 saturated carbocycles. The zero-order valence-corrected chi connectivity index (χ0v) is 14.5. The number of hydrogen-bond acceptors (Lipinski definition) is 4. The summed E-state index contributed by atoms with van der Waals surface area (Å²) in [5.74, 6) is -2.78. The topological polar surface area (TPSA) is 114 Å². The Kier molecular flexibility index (Phi) is 7.61. The van der Waals surface area contributed by atoms with E-state index in [1.165, 1.54) is 12.1 Å². The zero-order chi connectivity index (χ0) is 19.7. The van der Waals surface area contributed by atoms with Crippen LogP contribution in [0.25, 0.3) is 0 Å². The number of nitrogens with zero attached hydrogens (tertiary/aromatic N) is 1. The van der Waals surface area contributed by atoms with Crippen LogP contribution in [-0.2, 0) is 15.0 Å². The van der Waals surface area contributed by atoms with Crippen LogP contribution >= 0.6 is 0 Å². The minimum atomic E-state index is -1.26. The number of rotatable bonds is 5. The van der Waals surface area contributed by atoms with Crippen molar-refractivity contribution in [1.82, 2.24) is 4.98 Å². The van der Waals surface area contributed by atoms with Crippen LogP contribution in [0, 0.1) is 5.82 Å². The minimum absolute atomic E-state index is 0.264. The number of carboxylic acids is 2. The van der Waals surface area contributed by atoms with Gasteiger partial charge < -0.3 is 15.9 Å². The van der Waals surface area contributed by atoms with Gasteiger partial charge in [0.05, 0.1) is 0 Å². The van der Waals surface area contributed by atoms with Crippen molar-refractivity contribution < 1.29 is 24.2 Å². The van der Waals surface area contributed by atoms with Crippen LogP contribution in [0.2, 0.25) is 0 Å². The first-order chi connectivity index (χ1) is 12.1. The molecule has 0 amide bonds. The van der Waals surface area contributed by atoms with Gasteiger partial charge in [0.2, 0.25) is 0 Å². The average Bonchev–Trinajstić information content (AvgIpc) is 2.60. The number of aliphatic carboxylic acids is 2. The average molecular weight is 360 g/mol. The van der Waals surface area contributed by atoms with E-state index < -0.39 is 11.9 Å². The van der Waals surface area contributed by atoms with Gasteiger partial charge in [0.25, 0.3) is 0 Å². The molecule has 138 valence electrons. The third-order valence-corrected chi connectivity index (χ3v) is 3.68. The molecular weight excluding hydrogens is 339 g/mol. The van der Waals surface area contributed by atoms with Gasteiger partial charge in [0.15, 0.2) is 0 Å². The summed E-state index contributed by atoms with van der Waals surface area (Å²) < 4.78 is 13.2. The molecule has 2 rings (SSSR count). The van der Waals surface area contributed by atoms with Crippen molar-refractivity contribution in [3.63, 3.8) is 0 Å². The van der Waals surface area contributed by atoms with Crippen molar-refractivity contribution in [2.24, 2.45) is 5.73 Å². The fourth-order valence-electron chi connectivity index (χ4n) is 2.16. The number of benzene rings is 1. The molecule has 7 heteroatoms. The van der Waals surface area contributed by atoms with Crippen LogP contribution in [0.4, 0.5) is 4.39 Å². The SMILES string of the molecule is CC(C)(c1ccccn1)[C@H](N)c1cccc(F)c1.O=C(O)/C=C/C(=O)O. The van der Waals surface area contributed by atoms with E-state index in [1.54, 1.807) is 12.3 Å². The quantitative estimate of drug-likeness (QED) is 0.707. The highest BCUT2D eigenvalue weighted by atomic mass is 19.1. The van der Waals surface area contributed by atoms with Crippen LogP contribution in [0.5, 0.6) is 0 Å². The van der Waals surface area contributed by atoms with E-state index in [4.69, 9.17) is 15.9 Å². The first-order valence-corrected chi connectivity index (χ1v) is 7.71. The lowest BCUT2D eigenvalue weighted by Crippen LogP contribution is -2.34. The lowest BCUT2D eigenvalue weighted by Gasteiger charge is -2.31. The van der Waals surface area contributed by atoms with Crippen LogP contribution in [0.3, 0.4) is 0 Å². The third-order valence-electron chi connectivity index (χ3n) is 3.68. The summed E-state index contributed by atoms with van der Waals surface area (Å²) >= 11 is 0. The van der Waals surface area contributed by atoms with E-state index in [1.807, 2.05) is 38.1 Å². The van der Waals surface area contributed by atoms with Gasteiger partial charge in [-0.1, -0.05) is 32.0 Å². The predicted octanol–water partition coefficient (Wildman–Crippen LogP) is 2.91. The van der Waals surface area contributed by atoms with Gasteiger partial charge in [-0.15, -0.1) is 0 Å². The summed E-state index contributed by atoms with van der Waals surface area (Å²) in [5.41, 5.74) is 7.60. The van der Waals surface area contributed by atoms with Crippen molar-refractivity contribution in [3.8, 4) is 0 Å². The molecule has 1 aromatic heterocycles. The second kappa shape index (κ2) is 9.43. The lowest BCUT2D eigenvalue weighted by molar-refractivity contribution is -0.134. The standard InChI is InChI=1S/C15H17FN2.C4H4O4/c1-15(2,13-8-3-4-9-18-13)14(17)11-6-5-7-12(16)10-11;5-3(6)1-2-4(7)8/h3-10,14H,17H2,1-2H3;1-2H,(H,5,6)(H,7,8)/b;2-1+/t14-;/m1./s1. The van der Waals surface area contributed by atoms with Gasteiger partial charge >= 0.3 is 11.9 Å². The number of hydrogen-bond donors (Lipinski definition) is 3. The molecular formula is C19H21FN2O4. The van der Waals surface area contributed by atoms with Crippen molar-refractivity contribution in [3.05, 3.63) is 77.9 Å². The molecule has 1 atom stereocenters. The number of halogens is 1. The highest BCUT2D eigenvalue weighted by Crippen LogP contribution is 2.33. The Bertz CT molecular complexity index is 760. The van der Waals surface area contributed by atoms with E-state index in [-0.39, 0.29) is 17.3 Å². The summed E-state index contributed by atoms with van der Waals surface area (Å²) in [4.78, 5) is 23.5.